The van der Waals surface area contributed by atoms with Crippen molar-refractivity contribution in [3.05, 3.63) is 48.2 Å². The minimum absolute atomic E-state index is 0.501. The van der Waals surface area contributed by atoms with Gasteiger partial charge < -0.3 is 5.21 Å². The van der Waals surface area contributed by atoms with Crippen molar-refractivity contribution in [1.29, 1.82) is 0 Å². The quantitative estimate of drug-likeness (QED) is 0.467. The van der Waals surface area contributed by atoms with Crippen molar-refractivity contribution >= 4 is 0 Å². The third kappa shape index (κ3) is 1.46. The fraction of sp³-hybridized carbons (Fsp3) is 0. The van der Waals surface area contributed by atoms with Gasteiger partial charge in [-0.2, -0.15) is 4.73 Å². The van der Waals surface area contributed by atoms with E-state index < -0.39 is 0 Å². The molecule has 1 radical (unpaired) electrons. The summed E-state index contributed by atoms with van der Waals surface area (Å²) in [5.74, 6) is 0. The molecule has 0 atom stereocenters. The van der Waals surface area contributed by atoms with Crippen LogP contribution in [0.4, 0.5) is 0 Å². The van der Waals surface area contributed by atoms with Crippen LogP contribution in [-0.4, -0.2) is 9.97 Å². The molecule has 0 N–H and O–H groups in total. The van der Waals surface area contributed by atoms with Crippen LogP contribution in [0.5, 0.6) is 0 Å². The predicted octanol–water partition coefficient (Wildman–Crippen LogP) is 0.577. The maximum atomic E-state index is 11.3. The molecule has 0 aliphatic heterocycles. The predicted molar refractivity (Wildman–Crippen MR) is 45.3 cm³/mol. The van der Waals surface area contributed by atoms with E-state index in [-0.39, 0.29) is 0 Å². The van der Waals surface area contributed by atoms with Crippen molar-refractivity contribution < 1.29 is 4.73 Å². The standard InChI is InChI=1S/C9H6N3O/c13-12-6-2-1-3-9(12)8-4-5-10-7-11-8/h1-6H. The van der Waals surface area contributed by atoms with E-state index in [0.717, 1.165) is 4.73 Å². The molecule has 0 saturated heterocycles. The monoisotopic (exact) mass is 172 g/mol. The van der Waals surface area contributed by atoms with Crippen LogP contribution in [0.25, 0.3) is 11.4 Å². The second-order valence-corrected chi connectivity index (χ2v) is 2.45. The Morgan fingerprint density at radius 2 is 2.23 bits per heavy atom. The van der Waals surface area contributed by atoms with Gasteiger partial charge in [0.2, 0.25) is 5.69 Å². The normalized spacial score (nSPS) is 9.85. The van der Waals surface area contributed by atoms with Crippen molar-refractivity contribution in [3.8, 4) is 11.4 Å². The van der Waals surface area contributed by atoms with Gasteiger partial charge in [0.05, 0.1) is 0 Å². The summed E-state index contributed by atoms with van der Waals surface area (Å²) >= 11 is 0. The van der Waals surface area contributed by atoms with E-state index in [1.165, 1.54) is 6.20 Å². The van der Waals surface area contributed by atoms with Gasteiger partial charge in [-0.25, -0.2) is 9.97 Å². The average Bonchev–Trinajstić information content (AvgIpc) is 2.20. The van der Waals surface area contributed by atoms with Gasteiger partial charge in [0, 0.05) is 18.3 Å². The maximum absolute atomic E-state index is 11.3. The highest BCUT2D eigenvalue weighted by atomic mass is 16.5. The van der Waals surface area contributed by atoms with Gasteiger partial charge in [-0.1, -0.05) is 0 Å². The fourth-order valence-corrected chi connectivity index (χ4v) is 1.03. The highest BCUT2D eigenvalue weighted by molar-refractivity contribution is 5.48. The van der Waals surface area contributed by atoms with Crippen LogP contribution < -0.4 is 4.73 Å². The first-order chi connectivity index (χ1) is 6.38. The molecule has 2 aromatic heterocycles. The second-order valence-electron chi connectivity index (χ2n) is 2.45. The summed E-state index contributed by atoms with van der Waals surface area (Å²) in [6.07, 6.45) is 5.41. The summed E-state index contributed by atoms with van der Waals surface area (Å²) in [5.41, 5.74) is 1.08. The Hall–Kier alpha value is -1.97. The molecule has 0 aliphatic carbocycles. The molecule has 0 bridgehead atoms. The largest absolute Gasteiger partial charge is 0.618 e. The van der Waals surface area contributed by atoms with E-state index in [2.05, 4.69) is 16.3 Å². The zero-order valence-corrected chi connectivity index (χ0v) is 6.71. The molecule has 0 spiro atoms. The number of nitrogens with zero attached hydrogens (tertiary/aromatic N) is 3. The first kappa shape index (κ1) is 7.67. The van der Waals surface area contributed by atoms with Crippen molar-refractivity contribution in [2.24, 2.45) is 0 Å². The molecule has 0 fully saturated rings. The number of hydrogen-bond donors (Lipinski definition) is 0. The smallest absolute Gasteiger partial charge is 0.242 e. The topological polar surface area (TPSA) is 52.7 Å². The van der Waals surface area contributed by atoms with Crippen LogP contribution in [0.15, 0.2) is 36.7 Å². The Bertz CT molecular complexity index is 403. The van der Waals surface area contributed by atoms with Gasteiger partial charge in [0.25, 0.3) is 0 Å². The van der Waals surface area contributed by atoms with Crippen LogP contribution in [0, 0.1) is 11.5 Å². The number of pyridine rings is 1. The molecule has 2 aromatic rings. The minimum atomic E-state index is 0.501. The summed E-state index contributed by atoms with van der Waals surface area (Å²) in [4.78, 5) is 7.51. The molecule has 0 amide bonds. The zero-order valence-electron chi connectivity index (χ0n) is 6.71. The number of rotatable bonds is 1. The summed E-state index contributed by atoms with van der Waals surface area (Å²) in [6.45, 7) is 0. The Labute approximate surface area is 75.1 Å². The van der Waals surface area contributed by atoms with Crippen molar-refractivity contribution in [1.82, 2.24) is 9.97 Å². The first-order valence-corrected chi connectivity index (χ1v) is 3.75. The SMILES string of the molecule is [O-][n+]1ccccc1-c1ccn[c]n1. The molecule has 2 heterocycles. The minimum Gasteiger partial charge on any atom is -0.618 e. The lowest BCUT2D eigenvalue weighted by molar-refractivity contribution is -0.593. The van der Waals surface area contributed by atoms with Crippen molar-refractivity contribution in [2.75, 3.05) is 0 Å². The number of aromatic nitrogens is 3. The lowest BCUT2D eigenvalue weighted by Gasteiger charge is -2.00. The fourth-order valence-electron chi connectivity index (χ4n) is 1.03. The lowest BCUT2D eigenvalue weighted by Crippen LogP contribution is -2.28. The Balaban J connectivity index is 2.54. The second kappa shape index (κ2) is 3.18. The third-order valence-electron chi connectivity index (χ3n) is 1.62. The molecule has 4 nitrogen and oxygen atoms in total. The molecule has 4 heteroatoms. The van der Waals surface area contributed by atoms with Gasteiger partial charge in [-0.05, 0) is 12.1 Å². The van der Waals surface area contributed by atoms with E-state index in [1.54, 1.807) is 30.5 Å². The zero-order chi connectivity index (χ0) is 9.10. The van der Waals surface area contributed by atoms with Crippen LogP contribution in [-0.2, 0) is 0 Å². The molecule has 13 heavy (non-hydrogen) atoms. The highest BCUT2D eigenvalue weighted by Gasteiger charge is 2.06. The summed E-state index contributed by atoms with van der Waals surface area (Å²) in [5, 5.41) is 11.3. The first-order valence-electron chi connectivity index (χ1n) is 3.75. The summed E-state index contributed by atoms with van der Waals surface area (Å²) in [6, 6.07) is 6.82. The van der Waals surface area contributed by atoms with E-state index in [1.807, 2.05) is 0 Å². The van der Waals surface area contributed by atoms with Gasteiger partial charge in [0.1, 0.15) is 5.69 Å². The summed E-state index contributed by atoms with van der Waals surface area (Å²) < 4.78 is 0.760. The molecule has 0 aromatic carbocycles. The molecule has 0 saturated carbocycles. The molecule has 2 rings (SSSR count). The van der Waals surface area contributed by atoms with Gasteiger partial charge in [-0.15, -0.1) is 0 Å². The van der Waals surface area contributed by atoms with Gasteiger partial charge >= 0.3 is 0 Å². The Morgan fingerprint density at radius 1 is 1.31 bits per heavy atom. The van der Waals surface area contributed by atoms with Crippen molar-refractivity contribution in [2.45, 2.75) is 0 Å². The highest BCUT2D eigenvalue weighted by Crippen LogP contribution is 2.08. The van der Waals surface area contributed by atoms with Gasteiger partial charge in [0.15, 0.2) is 12.5 Å². The maximum Gasteiger partial charge on any atom is 0.242 e. The molecular weight excluding hydrogens is 166 g/mol. The Morgan fingerprint density at radius 3 is 2.92 bits per heavy atom. The lowest BCUT2D eigenvalue weighted by atomic mass is 10.2. The molecular formula is C9H6N3O. The molecule has 63 valence electrons. The van der Waals surface area contributed by atoms with Crippen LogP contribution in [0.3, 0.4) is 0 Å². The summed E-state index contributed by atoms with van der Waals surface area (Å²) in [7, 11) is 0. The van der Waals surface area contributed by atoms with E-state index in [0.29, 0.717) is 11.4 Å². The van der Waals surface area contributed by atoms with E-state index in [9.17, 15) is 5.21 Å². The molecule has 0 unspecified atom stereocenters. The van der Waals surface area contributed by atoms with E-state index >= 15 is 0 Å². The third-order valence-corrected chi connectivity index (χ3v) is 1.62. The van der Waals surface area contributed by atoms with Crippen LogP contribution >= 0.6 is 0 Å². The van der Waals surface area contributed by atoms with Crippen molar-refractivity contribution in [3.63, 3.8) is 0 Å². The Kier molecular flexibility index (Phi) is 1.88. The van der Waals surface area contributed by atoms with E-state index in [4.69, 9.17) is 0 Å². The van der Waals surface area contributed by atoms with Gasteiger partial charge in [-0.3, -0.25) is 0 Å². The van der Waals surface area contributed by atoms with Crippen LogP contribution in [0.1, 0.15) is 0 Å². The molecule has 0 aliphatic rings. The van der Waals surface area contributed by atoms with Crippen LogP contribution in [0.2, 0.25) is 0 Å². The average molecular weight is 172 g/mol. The number of hydrogen-bond acceptors (Lipinski definition) is 3.